The number of halogens is 5. The molecule has 9 nitrogen and oxygen atoms in total. The molecule has 1 aromatic carbocycles. The summed E-state index contributed by atoms with van der Waals surface area (Å²) in [6.45, 7) is -0.831. The molecule has 1 N–H and O–H groups in total. The Morgan fingerprint density at radius 3 is 2.39 bits per heavy atom. The Labute approximate surface area is 213 Å². The predicted molar refractivity (Wildman–Crippen MR) is 120 cm³/mol. The summed E-state index contributed by atoms with van der Waals surface area (Å²) in [5, 5.41) is 11.8. The molecule has 1 fully saturated rings. The minimum atomic E-state index is -4.75. The highest BCUT2D eigenvalue weighted by Crippen LogP contribution is 2.30. The first-order valence-corrected chi connectivity index (χ1v) is 12.3. The van der Waals surface area contributed by atoms with E-state index in [1.165, 1.54) is 6.07 Å². The molecular formula is C23H17F5N6O3S. The first kappa shape index (κ1) is 27.0. The third-order valence-electron chi connectivity index (χ3n) is 5.67. The highest BCUT2D eigenvalue weighted by Gasteiger charge is 2.44. The van der Waals surface area contributed by atoms with Crippen molar-refractivity contribution in [2.45, 2.75) is 36.3 Å². The van der Waals surface area contributed by atoms with Crippen LogP contribution in [0.3, 0.4) is 0 Å². The third-order valence-corrected chi connectivity index (χ3v) is 7.56. The molecule has 15 heteroatoms. The summed E-state index contributed by atoms with van der Waals surface area (Å²) < 4.78 is 92.4. The van der Waals surface area contributed by atoms with Crippen LogP contribution in [0, 0.1) is 17.1 Å². The fourth-order valence-corrected chi connectivity index (χ4v) is 5.46. The van der Waals surface area contributed by atoms with E-state index in [4.69, 9.17) is 0 Å². The van der Waals surface area contributed by atoms with Crippen LogP contribution in [0.5, 0.6) is 0 Å². The van der Waals surface area contributed by atoms with Gasteiger partial charge in [-0.3, -0.25) is 9.78 Å². The van der Waals surface area contributed by atoms with Crippen molar-refractivity contribution < 1.29 is 35.2 Å². The fourth-order valence-electron chi connectivity index (χ4n) is 3.83. The van der Waals surface area contributed by atoms with E-state index in [-0.39, 0.29) is 33.8 Å². The standard InChI is InChI=1S/C23H17F5N6O3S/c24-15-1-3-18(4-2-15)38(36,37)34-12-16(25)5-20(34)21(35)31-11-17-6-19(13(7-29)8-30-17)14-9-32-22(33-10-14)23(26,27)28/h1-4,6,8-10,16,20H,5,11-12H2,(H,31,35)/t16-,20+/m1/s1. The van der Waals surface area contributed by atoms with Crippen LogP contribution in [0.1, 0.15) is 23.5 Å². The quantitative estimate of drug-likeness (QED) is 0.466. The summed E-state index contributed by atoms with van der Waals surface area (Å²) in [5.74, 6) is -2.84. The highest BCUT2D eigenvalue weighted by atomic mass is 32.2. The Kier molecular flexibility index (Phi) is 7.38. The van der Waals surface area contributed by atoms with Gasteiger partial charge < -0.3 is 5.32 Å². The van der Waals surface area contributed by atoms with Crippen LogP contribution in [0.25, 0.3) is 11.1 Å². The molecule has 0 unspecified atom stereocenters. The minimum absolute atomic E-state index is 0.0102. The number of pyridine rings is 1. The van der Waals surface area contributed by atoms with E-state index in [0.29, 0.717) is 4.31 Å². The predicted octanol–water partition coefficient (Wildman–Crippen LogP) is 2.99. The summed E-state index contributed by atoms with van der Waals surface area (Å²) >= 11 is 0. The van der Waals surface area contributed by atoms with Crippen LogP contribution in [0.4, 0.5) is 22.0 Å². The van der Waals surface area contributed by atoms with Crippen molar-refractivity contribution in [3.63, 3.8) is 0 Å². The van der Waals surface area contributed by atoms with Gasteiger partial charge in [-0.05, 0) is 30.3 Å². The number of hydrogen-bond donors (Lipinski definition) is 1. The Morgan fingerprint density at radius 1 is 1.13 bits per heavy atom. The summed E-state index contributed by atoms with van der Waals surface area (Å²) in [6, 6.07) is 5.69. The molecule has 2 aromatic heterocycles. The van der Waals surface area contributed by atoms with Crippen molar-refractivity contribution in [2.75, 3.05) is 6.54 Å². The van der Waals surface area contributed by atoms with Crippen molar-refractivity contribution in [1.29, 1.82) is 5.26 Å². The Morgan fingerprint density at radius 2 is 1.79 bits per heavy atom. The molecule has 1 aliphatic rings. The number of sulfonamides is 1. The van der Waals surface area contributed by atoms with Gasteiger partial charge in [-0.1, -0.05) is 0 Å². The first-order chi connectivity index (χ1) is 17.9. The van der Waals surface area contributed by atoms with E-state index in [2.05, 4.69) is 20.3 Å². The van der Waals surface area contributed by atoms with E-state index in [0.717, 1.165) is 42.9 Å². The molecule has 198 valence electrons. The molecule has 1 saturated heterocycles. The number of benzene rings is 1. The average Bonchev–Trinajstić information content (AvgIpc) is 3.29. The first-order valence-electron chi connectivity index (χ1n) is 10.9. The van der Waals surface area contributed by atoms with Gasteiger partial charge in [0, 0.05) is 42.7 Å². The molecule has 0 saturated carbocycles. The lowest BCUT2D eigenvalue weighted by Crippen LogP contribution is -2.45. The number of aromatic nitrogens is 3. The van der Waals surface area contributed by atoms with Crippen LogP contribution in [0.2, 0.25) is 0 Å². The maximum Gasteiger partial charge on any atom is 0.451 e. The van der Waals surface area contributed by atoms with Gasteiger partial charge in [0.1, 0.15) is 24.1 Å². The summed E-state index contributed by atoms with van der Waals surface area (Å²) in [6.07, 6.45) is -3.82. The molecule has 0 spiro atoms. The largest absolute Gasteiger partial charge is 0.451 e. The monoisotopic (exact) mass is 552 g/mol. The van der Waals surface area contributed by atoms with Gasteiger partial charge >= 0.3 is 6.18 Å². The zero-order valence-corrected chi connectivity index (χ0v) is 20.0. The van der Waals surface area contributed by atoms with Crippen molar-refractivity contribution in [1.82, 2.24) is 24.6 Å². The van der Waals surface area contributed by atoms with Crippen LogP contribution in [-0.2, 0) is 27.5 Å². The number of alkyl halides is 4. The molecule has 38 heavy (non-hydrogen) atoms. The zero-order chi connectivity index (χ0) is 27.7. The molecule has 2 atom stereocenters. The maximum absolute atomic E-state index is 14.2. The number of carbonyl (C=O) groups is 1. The second-order valence-electron chi connectivity index (χ2n) is 8.22. The molecule has 4 rings (SSSR count). The van der Waals surface area contributed by atoms with Gasteiger partial charge in [0.25, 0.3) is 0 Å². The van der Waals surface area contributed by atoms with Gasteiger partial charge in [-0.15, -0.1) is 0 Å². The third kappa shape index (κ3) is 5.60. The van der Waals surface area contributed by atoms with Crippen molar-refractivity contribution in [3.8, 4) is 17.2 Å². The van der Waals surface area contributed by atoms with Crippen molar-refractivity contribution >= 4 is 15.9 Å². The molecule has 0 radical (unpaired) electrons. The maximum atomic E-state index is 14.2. The normalized spacial score (nSPS) is 18.2. The number of nitrogens with zero attached hydrogens (tertiary/aromatic N) is 5. The van der Waals surface area contributed by atoms with E-state index >= 15 is 0 Å². The SMILES string of the molecule is N#Cc1cnc(CNC(=O)[C@@H]2C[C@@H](F)CN2S(=O)(=O)c2ccc(F)cc2)cc1-c1cnc(C(F)(F)F)nc1. The topological polar surface area (TPSA) is 129 Å². The van der Waals surface area contributed by atoms with Crippen LogP contribution in [-0.4, -0.2) is 52.3 Å². The lowest BCUT2D eigenvalue weighted by atomic mass is 10.0. The second kappa shape index (κ2) is 10.4. The van der Waals surface area contributed by atoms with Crippen LogP contribution < -0.4 is 5.32 Å². The highest BCUT2D eigenvalue weighted by molar-refractivity contribution is 7.89. The number of rotatable bonds is 6. The van der Waals surface area contributed by atoms with Crippen LogP contribution in [0.15, 0.2) is 53.8 Å². The smallest absolute Gasteiger partial charge is 0.349 e. The second-order valence-corrected chi connectivity index (χ2v) is 10.1. The van der Waals surface area contributed by atoms with E-state index < -0.39 is 58.9 Å². The molecule has 3 aromatic rings. The van der Waals surface area contributed by atoms with Crippen molar-refractivity contribution in [2.24, 2.45) is 0 Å². The lowest BCUT2D eigenvalue weighted by Gasteiger charge is -2.23. The van der Waals surface area contributed by atoms with E-state index in [1.807, 2.05) is 6.07 Å². The zero-order valence-electron chi connectivity index (χ0n) is 19.2. The minimum Gasteiger partial charge on any atom is -0.349 e. The summed E-state index contributed by atoms with van der Waals surface area (Å²) in [5.41, 5.74) is 0.439. The number of hydrogen-bond acceptors (Lipinski definition) is 7. The van der Waals surface area contributed by atoms with Gasteiger partial charge in [0.15, 0.2) is 0 Å². The summed E-state index contributed by atoms with van der Waals surface area (Å²) in [7, 11) is -4.31. The fraction of sp³-hybridized carbons (Fsp3) is 0.261. The van der Waals surface area contributed by atoms with Gasteiger partial charge in [-0.25, -0.2) is 27.2 Å². The van der Waals surface area contributed by atoms with Crippen molar-refractivity contribution in [3.05, 3.63) is 71.8 Å². The molecule has 3 heterocycles. The number of nitrogens with one attached hydrogen (secondary N) is 1. The lowest BCUT2D eigenvalue weighted by molar-refractivity contribution is -0.145. The molecule has 1 amide bonds. The van der Waals surface area contributed by atoms with E-state index in [1.54, 1.807) is 0 Å². The van der Waals surface area contributed by atoms with E-state index in [9.17, 15) is 40.4 Å². The Bertz CT molecular complexity index is 1490. The molecule has 1 aliphatic heterocycles. The Balaban J connectivity index is 1.52. The number of carbonyl (C=O) groups excluding carboxylic acids is 1. The Hall–Kier alpha value is -4.03. The van der Waals surface area contributed by atoms with Gasteiger partial charge in [0.05, 0.1) is 22.7 Å². The van der Waals surface area contributed by atoms with Gasteiger partial charge in [-0.2, -0.15) is 22.7 Å². The molecule has 0 aliphatic carbocycles. The van der Waals surface area contributed by atoms with Crippen LogP contribution >= 0.6 is 0 Å². The summed E-state index contributed by atoms with van der Waals surface area (Å²) in [4.78, 5) is 23.1. The number of amides is 1. The average molecular weight is 552 g/mol. The molecular weight excluding hydrogens is 535 g/mol. The number of nitriles is 1. The van der Waals surface area contributed by atoms with Gasteiger partial charge in [0.2, 0.25) is 21.8 Å². The molecule has 0 bridgehead atoms.